The number of aliphatic imine (C=N–C) groups is 1. The summed E-state index contributed by atoms with van der Waals surface area (Å²) in [6, 6.07) is 11.3. The largest absolute Gasteiger partial charge is 0.397 e. The van der Waals surface area contributed by atoms with Crippen LogP contribution in [0.1, 0.15) is 41.3 Å². The summed E-state index contributed by atoms with van der Waals surface area (Å²) in [5.41, 5.74) is 9.32. The number of aromatic nitrogens is 4. The van der Waals surface area contributed by atoms with Crippen molar-refractivity contribution < 1.29 is 9.53 Å². The lowest BCUT2D eigenvalue weighted by molar-refractivity contribution is 0.0736. The van der Waals surface area contributed by atoms with Crippen LogP contribution in [0.3, 0.4) is 0 Å². The quantitative estimate of drug-likeness (QED) is 0.554. The van der Waals surface area contributed by atoms with E-state index in [1.807, 2.05) is 41.3 Å². The van der Waals surface area contributed by atoms with Gasteiger partial charge < -0.3 is 19.9 Å². The van der Waals surface area contributed by atoms with Crippen LogP contribution in [0, 0.1) is 0 Å². The van der Waals surface area contributed by atoms with Crippen LogP contribution in [0.25, 0.3) is 17.1 Å². The topological polar surface area (TPSA) is 112 Å². The SMILES string of the molecule is N/C(=C\C=NC[C@@H]1CCCN1C(=O)c1nc2n(c1-c1ccccn1)CCCOC2)c1ccccn1. The second kappa shape index (κ2) is 10.6. The fourth-order valence-electron chi connectivity index (χ4n) is 4.61. The number of ether oxygens (including phenoxy) is 1. The normalized spacial score (nSPS) is 18.6. The third-order valence-electron chi connectivity index (χ3n) is 6.33. The van der Waals surface area contributed by atoms with Crippen molar-refractivity contribution in [2.24, 2.45) is 10.7 Å². The van der Waals surface area contributed by atoms with Crippen molar-refractivity contribution >= 4 is 17.8 Å². The molecule has 1 saturated heterocycles. The molecule has 0 aromatic carbocycles. The minimum absolute atomic E-state index is 0.0116. The molecule has 0 aliphatic carbocycles. The van der Waals surface area contributed by atoms with Gasteiger partial charge in [0.05, 0.1) is 29.7 Å². The summed E-state index contributed by atoms with van der Waals surface area (Å²) >= 11 is 0. The highest BCUT2D eigenvalue weighted by atomic mass is 16.5. The molecule has 0 bridgehead atoms. The van der Waals surface area contributed by atoms with Gasteiger partial charge in [0.1, 0.15) is 18.1 Å². The Morgan fingerprint density at radius 3 is 2.80 bits per heavy atom. The number of carbonyl (C=O) groups is 1. The minimum Gasteiger partial charge on any atom is -0.397 e. The second-order valence-electron chi connectivity index (χ2n) is 8.64. The first-order chi connectivity index (χ1) is 17.2. The Bertz CT molecular complexity index is 1220. The fourth-order valence-corrected chi connectivity index (χ4v) is 4.61. The van der Waals surface area contributed by atoms with E-state index >= 15 is 0 Å². The lowest BCUT2D eigenvalue weighted by Crippen LogP contribution is -2.37. The van der Waals surface area contributed by atoms with Gasteiger partial charge in [0, 0.05) is 38.3 Å². The Hall–Kier alpha value is -3.85. The van der Waals surface area contributed by atoms with Gasteiger partial charge in [0.15, 0.2) is 5.69 Å². The van der Waals surface area contributed by atoms with Crippen molar-refractivity contribution in [3.63, 3.8) is 0 Å². The highest BCUT2D eigenvalue weighted by Gasteiger charge is 2.34. The predicted molar refractivity (Wildman–Crippen MR) is 134 cm³/mol. The lowest BCUT2D eigenvalue weighted by Gasteiger charge is -2.23. The first-order valence-corrected chi connectivity index (χ1v) is 12.0. The molecular weight excluding hydrogens is 442 g/mol. The van der Waals surface area contributed by atoms with Gasteiger partial charge >= 0.3 is 0 Å². The van der Waals surface area contributed by atoms with Crippen molar-refractivity contribution in [3.05, 3.63) is 72.1 Å². The average Bonchev–Trinajstić information content (AvgIpc) is 3.45. The molecule has 5 rings (SSSR count). The molecular formula is C26H29N7O2. The summed E-state index contributed by atoms with van der Waals surface area (Å²) in [5.74, 6) is 0.697. The van der Waals surface area contributed by atoms with E-state index in [1.165, 1.54) is 0 Å². The molecule has 35 heavy (non-hydrogen) atoms. The monoisotopic (exact) mass is 471 g/mol. The van der Waals surface area contributed by atoms with Crippen LogP contribution >= 0.6 is 0 Å². The highest BCUT2D eigenvalue weighted by molar-refractivity contribution is 5.98. The smallest absolute Gasteiger partial charge is 0.275 e. The Kier molecular flexibility index (Phi) is 6.94. The molecule has 180 valence electrons. The van der Waals surface area contributed by atoms with Gasteiger partial charge in [-0.2, -0.15) is 0 Å². The van der Waals surface area contributed by atoms with Gasteiger partial charge in [-0.15, -0.1) is 0 Å². The molecule has 5 heterocycles. The van der Waals surface area contributed by atoms with Gasteiger partial charge in [0.25, 0.3) is 5.91 Å². The van der Waals surface area contributed by atoms with Crippen molar-refractivity contribution in [2.75, 3.05) is 19.7 Å². The number of pyridine rings is 2. The zero-order valence-electron chi connectivity index (χ0n) is 19.6. The number of carbonyl (C=O) groups excluding carboxylic acids is 1. The zero-order chi connectivity index (χ0) is 24.0. The van der Waals surface area contributed by atoms with Gasteiger partial charge in [-0.05, 0) is 49.6 Å². The number of fused-ring (bicyclic) bond motifs is 1. The summed E-state index contributed by atoms with van der Waals surface area (Å²) in [7, 11) is 0. The maximum atomic E-state index is 13.8. The Morgan fingerprint density at radius 1 is 1.14 bits per heavy atom. The van der Waals surface area contributed by atoms with Gasteiger partial charge in [-0.25, -0.2) is 4.98 Å². The molecule has 1 amide bonds. The summed E-state index contributed by atoms with van der Waals surface area (Å²) in [5, 5.41) is 0. The first-order valence-electron chi connectivity index (χ1n) is 12.0. The number of nitrogens with zero attached hydrogens (tertiary/aromatic N) is 6. The third-order valence-corrected chi connectivity index (χ3v) is 6.33. The van der Waals surface area contributed by atoms with E-state index in [0.29, 0.717) is 43.4 Å². The molecule has 9 heteroatoms. The molecule has 3 aromatic heterocycles. The van der Waals surface area contributed by atoms with Crippen LogP contribution in [0.15, 0.2) is 59.9 Å². The van der Waals surface area contributed by atoms with Crippen molar-refractivity contribution in [1.82, 2.24) is 24.4 Å². The number of hydrogen-bond acceptors (Lipinski definition) is 7. The van der Waals surface area contributed by atoms with Gasteiger partial charge in [-0.3, -0.25) is 19.8 Å². The molecule has 2 aliphatic heterocycles. The zero-order valence-corrected chi connectivity index (χ0v) is 19.6. The highest BCUT2D eigenvalue weighted by Crippen LogP contribution is 2.29. The van der Waals surface area contributed by atoms with Crippen LogP contribution < -0.4 is 5.73 Å². The third kappa shape index (κ3) is 5.00. The predicted octanol–water partition coefficient (Wildman–Crippen LogP) is 2.94. The Labute approximate surface area is 204 Å². The number of likely N-dealkylation sites (tertiary alicyclic amines) is 1. The molecule has 3 aromatic rings. The van der Waals surface area contributed by atoms with E-state index in [1.54, 1.807) is 24.7 Å². The van der Waals surface area contributed by atoms with E-state index < -0.39 is 0 Å². The molecule has 1 fully saturated rings. The molecule has 2 aliphatic rings. The number of amides is 1. The molecule has 2 N–H and O–H groups in total. The summed E-state index contributed by atoms with van der Waals surface area (Å²) in [6.45, 7) is 3.02. The molecule has 1 atom stereocenters. The van der Waals surface area contributed by atoms with Gasteiger partial charge in [-0.1, -0.05) is 12.1 Å². The number of hydrogen-bond donors (Lipinski definition) is 1. The average molecular weight is 472 g/mol. The number of nitrogens with two attached hydrogens (primary N) is 1. The van der Waals surface area contributed by atoms with Crippen LogP contribution in [0.2, 0.25) is 0 Å². The maximum Gasteiger partial charge on any atom is 0.275 e. The Balaban J connectivity index is 1.36. The minimum atomic E-state index is -0.0764. The summed E-state index contributed by atoms with van der Waals surface area (Å²) < 4.78 is 7.79. The van der Waals surface area contributed by atoms with E-state index in [-0.39, 0.29) is 11.9 Å². The van der Waals surface area contributed by atoms with Crippen LogP contribution in [0.4, 0.5) is 0 Å². The van der Waals surface area contributed by atoms with Crippen LogP contribution in [-0.2, 0) is 17.9 Å². The molecule has 9 nitrogen and oxygen atoms in total. The Morgan fingerprint density at radius 2 is 2.00 bits per heavy atom. The molecule has 0 saturated carbocycles. The summed E-state index contributed by atoms with van der Waals surface area (Å²) in [4.78, 5) is 33.7. The summed E-state index contributed by atoms with van der Waals surface area (Å²) in [6.07, 6.45) is 9.60. The van der Waals surface area contributed by atoms with Crippen molar-refractivity contribution in [2.45, 2.75) is 38.5 Å². The van der Waals surface area contributed by atoms with Gasteiger partial charge in [0.2, 0.25) is 0 Å². The number of imidazole rings is 1. The second-order valence-corrected chi connectivity index (χ2v) is 8.64. The van der Waals surface area contributed by atoms with Crippen molar-refractivity contribution in [1.29, 1.82) is 0 Å². The van der Waals surface area contributed by atoms with E-state index in [4.69, 9.17) is 15.5 Å². The van der Waals surface area contributed by atoms with Crippen LogP contribution in [-0.4, -0.2) is 62.3 Å². The van der Waals surface area contributed by atoms with Crippen molar-refractivity contribution in [3.8, 4) is 11.4 Å². The van der Waals surface area contributed by atoms with E-state index in [2.05, 4.69) is 19.5 Å². The molecule has 0 unspecified atom stereocenters. The molecule has 0 spiro atoms. The maximum absolute atomic E-state index is 13.8. The van der Waals surface area contributed by atoms with Crippen LogP contribution in [0.5, 0.6) is 0 Å². The number of rotatable bonds is 6. The molecule has 0 radical (unpaired) electrons. The fraction of sp³-hybridized carbons (Fsp3) is 0.346. The lowest BCUT2D eigenvalue weighted by atomic mass is 10.1. The first kappa shape index (κ1) is 22.9. The van der Waals surface area contributed by atoms with E-state index in [9.17, 15) is 4.79 Å². The standard InChI is InChI=1S/C26H29N7O2/c27-20(21-8-1-3-11-29-21)10-13-28-17-19-7-5-14-32(19)26(34)24-25(22-9-2-4-12-30-22)33-15-6-16-35-18-23(33)31-24/h1-4,8-13,19H,5-7,14-18,27H2/b20-10-,28-13?/t19-/m0/s1. The van der Waals surface area contributed by atoms with E-state index in [0.717, 1.165) is 43.0 Å². The number of allylic oxidation sites excluding steroid dienone is 1.